The van der Waals surface area contributed by atoms with Crippen LogP contribution in [0.4, 0.5) is 0 Å². The van der Waals surface area contributed by atoms with Crippen LogP contribution in [0.15, 0.2) is 23.9 Å². The Balaban J connectivity index is 1.81. The van der Waals surface area contributed by atoms with Crippen LogP contribution < -0.4 is 0 Å². The smallest absolute Gasteiger partial charge is 0.305 e. The topological polar surface area (TPSA) is 65.7 Å². The molecule has 1 fully saturated rings. The van der Waals surface area contributed by atoms with Crippen molar-refractivity contribution in [2.45, 2.75) is 58.4 Å². The molecule has 128 valence electrons. The second-order valence-corrected chi connectivity index (χ2v) is 5.89. The molecule has 1 saturated carbocycles. The summed E-state index contributed by atoms with van der Waals surface area (Å²) in [5.74, 6) is 0.321. The number of oxime groups is 1. The number of ether oxygens (including phenoxy) is 1. The Morgan fingerprint density at radius 2 is 2.17 bits per heavy atom. The number of nitrogens with zero attached hydrogens (tertiary/aromatic N) is 3. The largest absolute Gasteiger partial charge is 0.466 e. The average molecular weight is 321 g/mol. The van der Waals surface area contributed by atoms with Gasteiger partial charge in [0.2, 0.25) is 0 Å². The molecular formula is C17H27N3O3. The summed E-state index contributed by atoms with van der Waals surface area (Å²) < 4.78 is 6.92. The fourth-order valence-electron chi connectivity index (χ4n) is 2.88. The molecule has 1 aromatic heterocycles. The first-order chi connectivity index (χ1) is 11.3. The number of carbonyl (C=O) groups is 1. The van der Waals surface area contributed by atoms with Crippen LogP contribution >= 0.6 is 0 Å². The van der Waals surface area contributed by atoms with Crippen LogP contribution in [0.25, 0.3) is 0 Å². The van der Waals surface area contributed by atoms with Crippen molar-refractivity contribution in [1.82, 2.24) is 9.55 Å². The maximum absolute atomic E-state index is 11.3. The van der Waals surface area contributed by atoms with E-state index in [-0.39, 0.29) is 5.97 Å². The Morgan fingerprint density at radius 1 is 1.35 bits per heavy atom. The van der Waals surface area contributed by atoms with Crippen LogP contribution in [0.2, 0.25) is 0 Å². The molecule has 1 aromatic rings. The van der Waals surface area contributed by atoms with Gasteiger partial charge in [-0.2, -0.15) is 0 Å². The number of hydrogen-bond acceptors (Lipinski definition) is 5. The van der Waals surface area contributed by atoms with Crippen LogP contribution in [0.1, 0.15) is 51.9 Å². The summed E-state index contributed by atoms with van der Waals surface area (Å²) in [4.78, 5) is 20.8. The highest BCUT2D eigenvalue weighted by atomic mass is 16.6. The van der Waals surface area contributed by atoms with Gasteiger partial charge in [-0.25, -0.2) is 4.98 Å². The molecule has 0 saturated heterocycles. The fraction of sp³-hybridized carbons (Fsp3) is 0.706. The first-order valence-corrected chi connectivity index (χ1v) is 8.59. The minimum absolute atomic E-state index is 0.175. The van der Waals surface area contributed by atoms with E-state index < -0.39 is 0 Å². The monoisotopic (exact) mass is 321 g/mol. The molecule has 0 spiro atoms. The molecular weight excluding hydrogens is 294 g/mol. The van der Waals surface area contributed by atoms with Gasteiger partial charge in [-0.1, -0.05) is 24.4 Å². The van der Waals surface area contributed by atoms with Crippen molar-refractivity contribution in [1.29, 1.82) is 0 Å². The van der Waals surface area contributed by atoms with Crippen molar-refractivity contribution in [2.75, 3.05) is 13.2 Å². The first-order valence-electron chi connectivity index (χ1n) is 8.59. The van der Waals surface area contributed by atoms with E-state index in [1.807, 2.05) is 17.7 Å². The average Bonchev–Trinajstić information content (AvgIpc) is 3.07. The summed E-state index contributed by atoms with van der Waals surface area (Å²) in [6, 6.07) is 0. The lowest BCUT2D eigenvalue weighted by Gasteiger charge is -2.23. The Bertz CT molecular complexity index is 479. The van der Waals surface area contributed by atoms with Crippen LogP contribution in [-0.2, 0) is 20.9 Å². The predicted octanol–water partition coefficient (Wildman–Crippen LogP) is 3.18. The molecule has 1 aliphatic rings. The minimum atomic E-state index is -0.175. The van der Waals surface area contributed by atoms with Crippen molar-refractivity contribution in [3.05, 3.63) is 18.7 Å². The summed E-state index contributed by atoms with van der Waals surface area (Å²) >= 11 is 0. The molecule has 6 heteroatoms. The lowest BCUT2D eigenvalue weighted by molar-refractivity contribution is -0.143. The summed E-state index contributed by atoms with van der Waals surface area (Å²) in [6.07, 6.45) is 12.7. The third kappa shape index (κ3) is 6.42. The molecule has 6 nitrogen and oxygen atoms in total. The molecule has 1 heterocycles. The van der Waals surface area contributed by atoms with Gasteiger partial charge < -0.3 is 14.1 Å². The van der Waals surface area contributed by atoms with Gasteiger partial charge in [0, 0.05) is 24.7 Å². The first kappa shape index (κ1) is 17.5. The fourth-order valence-corrected chi connectivity index (χ4v) is 2.88. The van der Waals surface area contributed by atoms with Crippen molar-refractivity contribution in [3.8, 4) is 0 Å². The quantitative estimate of drug-likeness (QED) is 0.303. The molecule has 0 atom stereocenters. The number of esters is 1. The van der Waals surface area contributed by atoms with Gasteiger partial charge >= 0.3 is 5.97 Å². The third-order valence-electron chi connectivity index (χ3n) is 4.08. The maximum Gasteiger partial charge on any atom is 0.305 e. The Morgan fingerprint density at radius 3 is 2.87 bits per heavy atom. The standard InChI is InChI=1S/C17H27N3O3/c1-2-22-17(21)9-6-12-23-19-16(13-20-11-10-18-14-20)15-7-4-3-5-8-15/h10-11,14-15H,2-9,12-13H2,1H3/b19-16-. The number of imidazole rings is 1. The van der Waals surface area contributed by atoms with Crippen molar-refractivity contribution in [2.24, 2.45) is 11.1 Å². The van der Waals surface area contributed by atoms with Gasteiger partial charge in [0.15, 0.2) is 0 Å². The summed E-state index contributed by atoms with van der Waals surface area (Å²) in [7, 11) is 0. The van der Waals surface area contributed by atoms with E-state index in [0.29, 0.717) is 32.0 Å². The zero-order chi connectivity index (χ0) is 16.3. The van der Waals surface area contributed by atoms with Crippen molar-refractivity contribution in [3.63, 3.8) is 0 Å². The number of rotatable bonds is 9. The van der Waals surface area contributed by atoms with Gasteiger partial charge in [0.25, 0.3) is 0 Å². The highest BCUT2D eigenvalue weighted by molar-refractivity contribution is 5.86. The van der Waals surface area contributed by atoms with Crippen LogP contribution in [0.3, 0.4) is 0 Å². The molecule has 0 bridgehead atoms. The number of hydrogen-bond donors (Lipinski definition) is 0. The molecule has 1 aliphatic carbocycles. The zero-order valence-electron chi connectivity index (χ0n) is 13.9. The third-order valence-corrected chi connectivity index (χ3v) is 4.08. The van der Waals surface area contributed by atoms with Crippen molar-refractivity contribution < 1.29 is 14.4 Å². The van der Waals surface area contributed by atoms with Gasteiger partial charge in [0.1, 0.15) is 6.61 Å². The Kier molecular flexibility index (Phi) is 7.63. The highest BCUT2D eigenvalue weighted by Crippen LogP contribution is 2.25. The Labute approximate surface area is 137 Å². The molecule has 2 rings (SSSR count). The zero-order valence-corrected chi connectivity index (χ0v) is 13.9. The van der Waals surface area contributed by atoms with E-state index in [0.717, 1.165) is 12.3 Å². The lowest BCUT2D eigenvalue weighted by atomic mass is 9.86. The highest BCUT2D eigenvalue weighted by Gasteiger charge is 2.20. The van der Waals surface area contributed by atoms with E-state index in [1.165, 1.54) is 32.1 Å². The van der Waals surface area contributed by atoms with E-state index in [4.69, 9.17) is 9.57 Å². The predicted molar refractivity (Wildman–Crippen MR) is 88.1 cm³/mol. The molecule has 0 radical (unpaired) electrons. The van der Waals surface area contributed by atoms with Gasteiger partial charge in [-0.15, -0.1) is 0 Å². The van der Waals surface area contributed by atoms with Crippen molar-refractivity contribution >= 4 is 11.7 Å². The van der Waals surface area contributed by atoms with E-state index in [9.17, 15) is 4.79 Å². The van der Waals surface area contributed by atoms with Crippen LogP contribution in [0.5, 0.6) is 0 Å². The van der Waals surface area contributed by atoms with Gasteiger partial charge in [-0.3, -0.25) is 4.79 Å². The molecule has 0 aromatic carbocycles. The molecule has 0 aliphatic heterocycles. The number of carbonyl (C=O) groups excluding carboxylic acids is 1. The Hall–Kier alpha value is -1.85. The van der Waals surface area contributed by atoms with Crippen LogP contribution in [-0.4, -0.2) is 34.4 Å². The molecule has 23 heavy (non-hydrogen) atoms. The molecule has 0 N–H and O–H groups in total. The van der Waals surface area contributed by atoms with E-state index in [2.05, 4.69) is 10.1 Å². The van der Waals surface area contributed by atoms with Gasteiger partial charge in [0.05, 0.1) is 25.2 Å². The lowest BCUT2D eigenvalue weighted by Crippen LogP contribution is -2.23. The molecule has 0 amide bonds. The minimum Gasteiger partial charge on any atom is -0.466 e. The second kappa shape index (κ2) is 10.0. The SMILES string of the molecule is CCOC(=O)CCCO/N=C(/Cn1ccnc1)C1CCCCC1. The van der Waals surface area contributed by atoms with Gasteiger partial charge in [-0.05, 0) is 26.2 Å². The van der Waals surface area contributed by atoms with E-state index >= 15 is 0 Å². The molecule has 0 unspecified atom stereocenters. The summed E-state index contributed by atoms with van der Waals surface area (Å²) in [5, 5.41) is 4.38. The summed E-state index contributed by atoms with van der Waals surface area (Å²) in [5.41, 5.74) is 1.08. The second-order valence-electron chi connectivity index (χ2n) is 5.89. The normalized spacial score (nSPS) is 16.3. The summed E-state index contributed by atoms with van der Waals surface area (Å²) in [6.45, 7) is 3.40. The number of aromatic nitrogens is 2. The van der Waals surface area contributed by atoms with Crippen LogP contribution in [0, 0.1) is 5.92 Å². The maximum atomic E-state index is 11.3. The van der Waals surface area contributed by atoms with E-state index in [1.54, 1.807) is 12.5 Å².